The van der Waals surface area contributed by atoms with E-state index in [-0.39, 0.29) is 22.5 Å². The van der Waals surface area contributed by atoms with E-state index in [1.807, 2.05) is 24.3 Å². The summed E-state index contributed by atoms with van der Waals surface area (Å²) in [6.07, 6.45) is 0. The van der Waals surface area contributed by atoms with E-state index in [4.69, 9.17) is 0 Å². The van der Waals surface area contributed by atoms with Crippen LogP contribution < -0.4 is 5.32 Å². The minimum absolute atomic E-state index is 0.0445. The molecule has 3 aromatic carbocycles. The van der Waals surface area contributed by atoms with E-state index in [9.17, 15) is 13.9 Å². The number of fused-ring (bicyclic) bond motifs is 2. The van der Waals surface area contributed by atoms with Gasteiger partial charge in [-0.05, 0) is 30.3 Å². The SMILES string of the molecule is Oc1ccccc1-c1nc(Nc2n[nH]c3c(F)cc(F)cc23)c2ccccc2n1. The highest BCUT2D eigenvalue weighted by atomic mass is 19.1. The fourth-order valence-corrected chi connectivity index (χ4v) is 3.21. The van der Waals surface area contributed by atoms with Crippen molar-refractivity contribution in [2.45, 2.75) is 0 Å². The summed E-state index contributed by atoms with van der Waals surface area (Å²) < 4.78 is 27.7. The minimum atomic E-state index is -0.733. The quantitative estimate of drug-likeness (QED) is 0.409. The molecule has 142 valence electrons. The van der Waals surface area contributed by atoms with Crippen LogP contribution in [-0.2, 0) is 0 Å². The number of hydrogen-bond acceptors (Lipinski definition) is 5. The molecule has 8 heteroatoms. The summed E-state index contributed by atoms with van der Waals surface area (Å²) >= 11 is 0. The first-order chi connectivity index (χ1) is 14.1. The van der Waals surface area contributed by atoms with E-state index in [1.165, 1.54) is 6.07 Å². The van der Waals surface area contributed by atoms with Gasteiger partial charge in [0, 0.05) is 11.5 Å². The summed E-state index contributed by atoms with van der Waals surface area (Å²) in [5, 5.41) is 20.8. The molecule has 0 unspecified atom stereocenters. The molecule has 0 amide bonds. The highest BCUT2D eigenvalue weighted by Gasteiger charge is 2.16. The van der Waals surface area contributed by atoms with Crippen LogP contribution in [0.4, 0.5) is 20.4 Å². The number of rotatable bonds is 3. The third-order valence-corrected chi connectivity index (χ3v) is 4.57. The Morgan fingerprint density at radius 1 is 0.862 bits per heavy atom. The number of nitrogens with zero attached hydrogens (tertiary/aromatic N) is 3. The number of anilines is 2. The van der Waals surface area contributed by atoms with Crippen LogP contribution in [0.25, 0.3) is 33.2 Å². The maximum atomic E-state index is 14.0. The molecule has 5 aromatic rings. The van der Waals surface area contributed by atoms with Crippen LogP contribution in [0, 0.1) is 11.6 Å². The fourth-order valence-electron chi connectivity index (χ4n) is 3.21. The van der Waals surface area contributed by atoms with Gasteiger partial charge in [0.25, 0.3) is 0 Å². The number of phenolic OH excluding ortho intramolecular Hbond substituents is 1. The summed E-state index contributed by atoms with van der Waals surface area (Å²) in [6, 6.07) is 16.0. The zero-order valence-corrected chi connectivity index (χ0v) is 14.8. The third-order valence-electron chi connectivity index (χ3n) is 4.57. The Kier molecular flexibility index (Phi) is 3.83. The molecular formula is C21H13F2N5O. The Hall–Kier alpha value is -4.07. The van der Waals surface area contributed by atoms with E-state index in [2.05, 4.69) is 25.5 Å². The molecule has 0 fully saturated rings. The zero-order valence-electron chi connectivity index (χ0n) is 14.8. The van der Waals surface area contributed by atoms with Crippen molar-refractivity contribution in [2.75, 3.05) is 5.32 Å². The van der Waals surface area contributed by atoms with Gasteiger partial charge in [0.2, 0.25) is 0 Å². The van der Waals surface area contributed by atoms with Gasteiger partial charge in [-0.2, -0.15) is 5.10 Å². The standard InChI is InChI=1S/C21H13F2N5O/c22-11-9-14-18(15(23)10-11)27-28-21(14)26-19-12-5-1-3-7-16(12)24-20(25-19)13-6-2-4-8-17(13)29/h1-10,29H,(H2,24,25,26,27,28). The number of phenols is 1. The van der Waals surface area contributed by atoms with Crippen LogP contribution in [0.1, 0.15) is 0 Å². The highest BCUT2D eigenvalue weighted by Crippen LogP contribution is 2.32. The molecule has 0 aliphatic carbocycles. The van der Waals surface area contributed by atoms with Crippen molar-refractivity contribution in [3.05, 3.63) is 72.3 Å². The maximum absolute atomic E-state index is 14.0. The third kappa shape index (κ3) is 2.91. The van der Waals surface area contributed by atoms with E-state index < -0.39 is 11.6 Å². The Balaban J connectivity index is 1.70. The molecule has 0 spiro atoms. The predicted molar refractivity (Wildman–Crippen MR) is 106 cm³/mol. The van der Waals surface area contributed by atoms with Crippen molar-refractivity contribution >= 4 is 33.4 Å². The molecule has 0 bridgehead atoms. The predicted octanol–water partition coefficient (Wildman–Crippen LogP) is 4.90. The molecule has 3 N–H and O–H groups in total. The van der Waals surface area contributed by atoms with Crippen LogP contribution in [0.15, 0.2) is 60.7 Å². The summed E-state index contributed by atoms with van der Waals surface area (Å²) in [6.45, 7) is 0. The normalized spacial score (nSPS) is 11.2. The molecule has 0 aliphatic rings. The van der Waals surface area contributed by atoms with Crippen molar-refractivity contribution in [1.29, 1.82) is 0 Å². The summed E-state index contributed by atoms with van der Waals surface area (Å²) in [7, 11) is 0. The van der Waals surface area contributed by atoms with Crippen molar-refractivity contribution < 1.29 is 13.9 Å². The first kappa shape index (κ1) is 17.1. The van der Waals surface area contributed by atoms with Gasteiger partial charge in [0.05, 0.1) is 16.5 Å². The van der Waals surface area contributed by atoms with Crippen molar-refractivity contribution in [2.24, 2.45) is 0 Å². The lowest BCUT2D eigenvalue weighted by Gasteiger charge is -2.10. The fraction of sp³-hybridized carbons (Fsp3) is 0. The Morgan fingerprint density at radius 3 is 2.52 bits per heavy atom. The maximum Gasteiger partial charge on any atom is 0.165 e. The van der Waals surface area contributed by atoms with E-state index in [1.54, 1.807) is 24.3 Å². The van der Waals surface area contributed by atoms with Gasteiger partial charge in [-0.15, -0.1) is 0 Å². The Morgan fingerprint density at radius 2 is 1.66 bits per heavy atom. The number of hydrogen-bond donors (Lipinski definition) is 3. The van der Waals surface area contributed by atoms with E-state index in [0.29, 0.717) is 28.1 Å². The largest absolute Gasteiger partial charge is 0.507 e. The lowest BCUT2D eigenvalue weighted by molar-refractivity contribution is 0.477. The van der Waals surface area contributed by atoms with Gasteiger partial charge in [0.15, 0.2) is 17.5 Å². The van der Waals surface area contributed by atoms with Crippen LogP contribution in [0.3, 0.4) is 0 Å². The molecule has 6 nitrogen and oxygen atoms in total. The smallest absolute Gasteiger partial charge is 0.165 e. The van der Waals surface area contributed by atoms with Gasteiger partial charge in [-0.25, -0.2) is 18.7 Å². The number of H-pyrrole nitrogens is 1. The summed E-state index contributed by atoms with van der Waals surface area (Å²) in [5.74, 6) is -0.466. The van der Waals surface area contributed by atoms with E-state index >= 15 is 0 Å². The monoisotopic (exact) mass is 389 g/mol. The topological polar surface area (TPSA) is 86.7 Å². The lowest BCUT2D eigenvalue weighted by atomic mass is 10.1. The minimum Gasteiger partial charge on any atom is -0.507 e. The molecular weight excluding hydrogens is 376 g/mol. The average Bonchev–Trinajstić information content (AvgIpc) is 3.11. The number of nitrogens with one attached hydrogen (secondary N) is 2. The number of aromatic nitrogens is 4. The number of halogens is 2. The molecule has 2 heterocycles. The number of para-hydroxylation sites is 2. The Labute approximate surface area is 162 Å². The molecule has 5 rings (SSSR count). The molecule has 0 radical (unpaired) electrons. The molecule has 0 aliphatic heterocycles. The molecule has 0 saturated carbocycles. The zero-order chi connectivity index (χ0) is 20.0. The van der Waals surface area contributed by atoms with E-state index in [0.717, 1.165) is 6.07 Å². The number of aromatic hydroxyl groups is 1. The van der Waals surface area contributed by atoms with Gasteiger partial charge in [-0.1, -0.05) is 24.3 Å². The second-order valence-corrected chi connectivity index (χ2v) is 6.44. The second kappa shape index (κ2) is 6.52. The lowest BCUT2D eigenvalue weighted by Crippen LogP contribution is -2.00. The van der Waals surface area contributed by atoms with Crippen molar-refractivity contribution in [3.63, 3.8) is 0 Å². The van der Waals surface area contributed by atoms with Crippen molar-refractivity contribution in [3.8, 4) is 17.1 Å². The first-order valence-corrected chi connectivity index (χ1v) is 8.75. The summed E-state index contributed by atoms with van der Waals surface area (Å²) in [4.78, 5) is 9.06. The first-order valence-electron chi connectivity index (χ1n) is 8.75. The summed E-state index contributed by atoms with van der Waals surface area (Å²) in [5.41, 5.74) is 1.19. The molecule has 2 aromatic heterocycles. The average molecular weight is 389 g/mol. The Bertz CT molecular complexity index is 1380. The van der Waals surface area contributed by atoms with Gasteiger partial charge in [0.1, 0.15) is 22.9 Å². The van der Waals surface area contributed by atoms with Crippen LogP contribution in [-0.4, -0.2) is 25.3 Å². The molecule has 0 saturated heterocycles. The highest BCUT2D eigenvalue weighted by molar-refractivity contribution is 5.97. The van der Waals surface area contributed by atoms with Crippen LogP contribution in [0.2, 0.25) is 0 Å². The molecule has 0 atom stereocenters. The van der Waals surface area contributed by atoms with Crippen LogP contribution >= 0.6 is 0 Å². The second-order valence-electron chi connectivity index (χ2n) is 6.44. The van der Waals surface area contributed by atoms with Gasteiger partial charge < -0.3 is 10.4 Å². The van der Waals surface area contributed by atoms with Gasteiger partial charge in [-0.3, -0.25) is 5.10 Å². The van der Waals surface area contributed by atoms with Gasteiger partial charge >= 0.3 is 0 Å². The number of aromatic amines is 1. The number of benzene rings is 3. The van der Waals surface area contributed by atoms with Crippen LogP contribution in [0.5, 0.6) is 5.75 Å². The van der Waals surface area contributed by atoms with Crippen molar-refractivity contribution in [1.82, 2.24) is 20.2 Å². The molecule has 29 heavy (non-hydrogen) atoms.